The summed E-state index contributed by atoms with van der Waals surface area (Å²) >= 11 is 0. The minimum absolute atomic E-state index is 0.00699. The summed E-state index contributed by atoms with van der Waals surface area (Å²) in [6.07, 6.45) is 0. The SMILES string of the molecule is CCN(C1COCC1C(=O)O)S(=O)(=O)C(C)C#N. The molecule has 8 heteroatoms. The molecule has 1 aliphatic heterocycles. The highest BCUT2D eigenvalue weighted by Crippen LogP contribution is 2.24. The number of hydrogen-bond donors (Lipinski definition) is 1. The van der Waals surface area contributed by atoms with Gasteiger partial charge in [0.05, 0.1) is 31.2 Å². The number of likely N-dealkylation sites (N-methyl/N-ethyl adjacent to an activating group) is 1. The van der Waals surface area contributed by atoms with Crippen LogP contribution in [0.15, 0.2) is 0 Å². The molecule has 1 saturated heterocycles. The lowest BCUT2D eigenvalue weighted by Crippen LogP contribution is -2.48. The van der Waals surface area contributed by atoms with Gasteiger partial charge in [-0.05, 0) is 6.92 Å². The second-order valence-corrected chi connectivity index (χ2v) is 6.28. The molecule has 0 radical (unpaired) electrons. The maximum atomic E-state index is 12.1. The predicted molar refractivity (Wildman–Crippen MR) is 62.1 cm³/mol. The summed E-state index contributed by atoms with van der Waals surface area (Å²) in [6, 6.07) is 0.927. The third-order valence-electron chi connectivity index (χ3n) is 3.00. The number of carbonyl (C=O) groups is 1. The number of sulfonamides is 1. The Bertz CT molecular complexity index is 455. The molecule has 0 saturated carbocycles. The largest absolute Gasteiger partial charge is 0.481 e. The molecule has 18 heavy (non-hydrogen) atoms. The van der Waals surface area contributed by atoms with E-state index in [9.17, 15) is 13.2 Å². The van der Waals surface area contributed by atoms with Gasteiger partial charge in [0.1, 0.15) is 0 Å². The zero-order valence-corrected chi connectivity index (χ0v) is 11.1. The lowest BCUT2D eigenvalue weighted by Gasteiger charge is -2.29. The van der Waals surface area contributed by atoms with E-state index < -0.39 is 33.2 Å². The summed E-state index contributed by atoms with van der Waals surface area (Å²) in [4.78, 5) is 11.0. The average molecular weight is 276 g/mol. The van der Waals surface area contributed by atoms with E-state index in [0.717, 1.165) is 4.31 Å². The molecule has 1 heterocycles. The molecule has 1 fully saturated rings. The van der Waals surface area contributed by atoms with Crippen LogP contribution >= 0.6 is 0 Å². The fraction of sp³-hybridized carbons (Fsp3) is 0.800. The van der Waals surface area contributed by atoms with Gasteiger partial charge < -0.3 is 9.84 Å². The first kappa shape index (κ1) is 14.9. The van der Waals surface area contributed by atoms with Crippen LogP contribution in [0.3, 0.4) is 0 Å². The zero-order chi connectivity index (χ0) is 13.9. The van der Waals surface area contributed by atoms with Crippen LogP contribution in [0.1, 0.15) is 13.8 Å². The van der Waals surface area contributed by atoms with Crippen LogP contribution in [-0.4, -0.2) is 54.8 Å². The molecule has 1 rings (SSSR count). The van der Waals surface area contributed by atoms with Crippen LogP contribution in [0, 0.1) is 17.2 Å². The Morgan fingerprint density at radius 3 is 2.67 bits per heavy atom. The van der Waals surface area contributed by atoms with Gasteiger partial charge in [0.2, 0.25) is 10.0 Å². The number of aliphatic carboxylic acids is 1. The molecule has 0 aliphatic carbocycles. The topological polar surface area (TPSA) is 108 Å². The van der Waals surface area contributed by atoms with E-state index in [1.165, 1.54) is 6.92 Å². The van der Waals surface area contributed by atoms with Crippen molar-refractivity contribution in [3.8, 4) is 6.07 Å². The molecule has 1 aliphatic rings. The van der Waals surface area contributed by atoms with Crippen molar-refractivity contribution in [1.82, 2.24) is 4.31 Å². The molecule has 0 aromatic carbocycles. The lowest BCUT2D eigenvalue weighted by molar-refractivity contribution is -0.142. The first-order valence-electron chi connectivity index (χ1n) is 5.57. The summed E-state index contributed by atoms with van der Waals surface area (Å²) in [7, 11) is -3.82. The van der Waals surface area contributed by atoms with E-state index in [4.69, 9.17) is 15.1 Å². The standard InChI is InChI=1S/C10H16N2O5S/c1-3-12(18(15,16)7(2)4-11)9-6-17-5-8(9)10(13)14/h7-9H,3,5-6H2,1-2H3,(H,13,14). The van der Waals surface area contributed by atoms with Crippen LogP contribution in [-0.2, 0) is 19.6 Å². The minimum atomic E-state index is -3.82. The molecular weight excluding hydrogens is 260 g/mol. The highest BCUT2D eigenvalue weighted by Gasteiger charge is 2.43. The number of hydrogen-bond acceptors (Lipinski definition) is 5. The van der Waals surface area contributed by atoms with Crippen molar-refractivity contribution >= 4 is 16.0 Å². The molecule has 0 aromatic rings. The van der Waals surface area contributed by atoms with Gasteiger partial charge >= 0.3 is 5.97 Å². The average Bonchev–Trinajstić information content (AvgIpc) is 2.77. The van der Waals surface area contributed by atoms with Crippen molar-refractivity contribution in [2.75, 3.05) is 19.8 Å². The molecule has 0 spiro atoms. The predicted octanol–water partition coefficient (Wildman–Crippen LogP) is -0.350. The van der Waals surface area contributed by atoms with E-state index >= 15 is 0 Å². The van der Waals surface area contributed by atoms with Gasteiger partial charge in [-0.2, -0.15) is 9.57 Å². The van der Waals surface area contributed by atoms with E-state index in [0.29, 0.717) is 0 Å². The van der Waals surface area contributed by atoms with E-state index in [-0.39, 0.29) is 19.8 Å². The number of nitrogens with zero attached hydrogens (tertiary/aromatic N) is 2. The highest BCUT2D eigenvalue weighted by atomic mass is 32.2. The summed E-state index contributed by atoms with van der Waals surface area (Å²) in [5.74, 6) is -1.97. The van der Waals surface area contributed by atoms with Gasteiger partial charge in [0, 0.05) is 6.54 Å². The third-order valence-corrected chi connectivity index (χ3v) is 5.19. The number of carboxylic acid groups (broad SMARTS) is 1. The van der Waals surface area contributed by atoms with Crippen LogP contribution in [0.2, 0.25) is 0 Å². The Kier molecular flexibility index (Phi) is 4.67. The number of nitriles is 1. The minimum Gasteiger partial charge on any atom is -0.481 e. The molecule has 0 amide bonds. The molecule has 1 N–H and O–H groups in total. The van der Waals surface area contributed by atoms with Crippen molar-refractivity contribution < 1.29 is 23.1 Å². The smallest absolute Gasteiger partial charge is 0.310 e. The van der Waals surface area contributed by atoms with E-state index in [1.54, 1.807) is 13.0 Å². The number of carboxylic acids is 1. The Labute approximate surface area is 106 Å². The van der Waals surface area contributed by atoms with Crippen LogP contribution in [0.4, 0.5) is 0 Å². The van der Waals surface area contributed by atoms with Crippen molar-refractivity contribution in [3.63, 3.8) is 0 Å². The van der Waals surface area contributed by atoms with E-state index in [1.807, 2.05) is 0 Å². The number of ether oxygens (including phenoxy) is 1. The van der Waals surface area contributed by atoms with Gasteiger partial charge in [-0.3, -0.25) is 4.79 Å². The zero-order valence-electron chi connectivity index (χ0n) is 10.2. The third kappa shape index (κ3) is 2.63. The van der Waals surface area contributed by atoms with Gasteiger partial charge in [-0.15, -0.1) is 0 Å². The normalized spacial score (nSPS) is 25.9. The summed E-state index contributed by atoms with van der Waals surface area (Å²) in [5.41, 5.74) is 0. The monoisotopic (exact) mass is 276 g/mol. The fourth-order valence-electron chi connectivity index (χ4n) is 1.94. The summed E-state index contributed by atoms with van der Waals surface area (Å²) in [6.45, 7) is 3.05. The molecule has 7 nitrogen and oxygen atoms in total. The molecule has 3 atom stereocenters. The summed E-state index contributed by atoms with van der Waals surface area (Å²) in [5, 5.41) is 16.6. The molecule has 3 unspecified atom stereocenters. The molecule has 102 valence electrons. The Hall–Kier alpha value is -1.17. The van der Waals surface area contributed by atoms with E-state index in [2.05, 4.69) is 0 Å². The fourth-order valence-corrected chi connectivity index (χ4v) is 3.42. The van der Waals surface area contributed by atoms with Crippen LogP contribution in [0.25, 0.3) is 0 Å². The second-order valence-electron chi connectivity index (χ2n) is 4.07. The Balaban J connectivity index is 3.04. The van der Waals surface area contributed by atoms with Crippen molar-refractivity contribution in [2.45, 2.75) is 25.1 Å². The van der Waals surface area contributed by atoms with Crippen molar-refractivity contribution in [1.29, 1.82) is 5.26 Å². The van der Waals surface area contributed by atoms with Crippen LogP contribution in [0.5, 0.6) is 0 Å². The molecule has 0 bridgehead atoms. The van der Waals surface area contributed by atoms with Gasteiger partial charge in [-0.1, -0.05) is 6.92 Å². The van der Waals surface area contributed by atoms with Gasteiger partial charge in [0.25, 0.3) is 0 Å². The first-order chi connectivity index (χ1) is 8.36. The maximum absolute atomic E-state index is 12.1. The lowest BCUT2D eigenvalue weighted by atomic mass is 10.0. The Morgan fingerprint density at radius 1 is 1.61 bits per heavy atom. The van der Waals surface area contributed by atoms with Gasteiger partial charge in [0.15, 0.2) is 5.25 Å². The highest BCUT2D eigenvalue weighted by molar-refractivity contribution is 7.90. The van der Waals surface area contributed by atoms with Crippen LogP contribution < -0.4 is 0 Å². The number of rotatable bonds is 5. The second kappa shape index (κ2) is 5.65. The molecular formula is C10H16N2O5S. The summed E-state index contributed by atoms with van der Waals surface area (Å²) < 4.78 is 30.3. The molecule has 0 aromatic heterocycles. The Morgan fingerprint density at radius 2 is 2.22 bits per heavy atom. The van der Waals surface area contributed by atoms with Crippen molar-refractivity contribution in [3.05, 3.63) is 0 Å². The van der Waals surface area contributed by atoms with Gasteiger partial charge in [-0.25, -0.2) is 8.42 Å². The maximum Gasteiger partial charge on any atom is 0.310 e. The first-order valence-corrected chi connectivity index (χ1v) is 7.07. The van der Waals surface area contributed by atoms with Crippen molar-refractivity contribution in [2.24, 2.45) is 5.92 Å². The quantitative estimate of drug-likeness (QED) is 0.735.